The normalized spacial score (nSPS) is 18.6. The first-order valence-electron chi connectivity index (χ1n) is 11.2. The minimum atomic E-state index is -0.899. The molecule has 0 aromatic carbocycles. The van der Waals surface area contributed by atoms with E-state index in [0.717, 1.165) is 17.7 Å². The lowest BCUT2D eigenvalue weighted by Crippen LogP contribution is -2.44. The molecule has 3 amide bonds. The molecule has 1 fully saturated rings. The fraction of sp³-hybridized carbons (Fsp3) is 0.696. The van der Waals surface area contributed by atoms with Crippen molar-refractivity contribution in [1.29, 1.82) is 0 Å². The molecule has 2 rings (SSSR count). The largest absolute Gasteiger partial charge is 0.446 e. The van der Waals surface area contributed by atoms with Crippen LogP contribution in [0, 0.1) is 0 Å². The van der Waals surface area contributed by atoms with E-state index in [4.69, 9.17) is 14.2 Å². The summed E-state index contributed by atoms with van der Waals surface area (Å²) in [6, 6.07) is 0.00556. The molecule has 1 saturated carbocycles. The molecule has 10 nitrogen and oxygen atoms in total. The Morgan fingerprint density at radius 2 is 1.55 bits per heavy atom. The summed E-state index contributed by atoms with van der Waals surface area (Å²) in [5.74, 6) is 0.0595. The van der Waals surface area contributed by atoms with Crippen LogP contribution in [-0.2, 0) is 14.2 Å². The number of nitrogens with zero attached hydrogens (tertiary/aromatic N) is 3. The van der Waals surface area contributed by atoms with Crippen molar-refractivity contribution >= 4 is 24.1 Å². The molecule has 1 aromatic rings. The summed E-state index contributed by atoms with van der Waals surface area (Å²) in [5, 5.41) is 2.72. The second-order valence-electron chi connectivity index (χ2n) is 10.4. The summed E-state index contributed by atoms with van der Waals surface area (Å²) >= 11 is 0. The molecule has 1 heterocycles. The number of aromatic nitrogens is 2. The lowest BCUT2D eigenvalue weighted by Gasteiger charge is -2.28. The molecular formula is C23H36N4O6. The van der Waals surface area contributed by atoms with Gasteiger partial charge in [0.25, 0.3) is 0 Å². The van der Waals surface area contributed by atoms with Crippen LogP contribution in [0.25, 0.3) is 0 Å². The molecule has 0 aliphatic heterocycles. The van der Waals surface area contributed by atoms with Gasteiger partial charge in [0.05, 0.1) is 18.1 Å². The maximum atomic E-state index is 12.7. The molecule has 0 radical (unpaired) electrons. The Morgan fingerprint density at radius 3 is 2.00 bits per heavy atom. The van der Waals surface area contributed by atoms with Crippen molar-refractivity contribution in [2.45, 2.75) is 104 Å². The van der Waals surface area contributed by atoms with Crippen molar-refractivity contribution in [2.24, 2.45) is 0 Å². The maximum Gasteiger partial charge on any atom is 0.425 e. The van der Waals surface area contributed by atoms with Crippen LogP contribution in [-0.4, -0.2) is 51.6 Å². The number of ether oxygens (including phenoxy) is 3. The summed E-state index contributed by atoms with van der Waals surface area (Å²) in [6.07, 6.45) is 2.59. The minimum Gasteiger partial charge on any atom is -0.446 e. The topological polar surface area (TPSA) is 120 Å². The number of rotatable bonds is 4. The molecule has 1 aliphatic rings. The molecule has 10 heteroatoms. The quantitative estimate of drug-likeness (QED) is 0.623. The van der Waals surface area contributed by atoms with Crippen molar-refractivity contribution < 1.29 is 28.6 Å². The molecule has 0 saturated heterocycles. The van der Waals surface area contributed by atoms with E-state index >= 15 is 0 Å². The van der Waals surface area contributed by atoms with Gasteiger partial charge in [0.1, 0.15) is 17.3 Å². The number of anilines is 1. The third-order valence-electron chi connectivity index (χ3n) is 4.52. The lowest BCUT2D eigenvalue weighted by molar-refractivity contribution is 0.0428. The van der Waals surface area contributed by atoms with E-state index in [1.807, 2.05) is 13.8 Å². The predicted molar refractivity (Wildman–Crippen MR) is 122 cm³/mol. The number of alkyl carbamates (subject to hydrolysis) is 1. The van der Waals surface area contributed by atoms with Crippen LogP contribution in [0.4, 0.5) is 20.2 Å². The molecule has 1 aromatic heterocycles. The van der Waals surface area contributed by atoms with Crippen molar-refractivity contribution in [2.75, 3.05) is 4.90 Å². The maximum absolute atomic E-state index is 12.7. The van der Waals surface area contributed by atoms with Gasteiger partial charge in [0.2, 0.25) is 0 Å². The van der Waals surface area contributed by atoms with Crippen LogP contribution in [0.5, 0.6) is 0 Å². The van der Waals surface area contributed by atoms with Gasteiger partial charge in [-0.15, -0.1) is 0 Å². The zero-order chi connectivity index (χ0) is 25.0. The van der Waals surface area contributed by atoms with Gasteiger partial charge in [-0.3, -0.25) is 4.98 Å². The number of amides is 3. The summed E-state index contributed by atoms with van der Waals surface area (Å²) in [6.45, 7) is 13.9. The van der Waals surface area contributed by atoms with Gasteiger partial charge in [-0.1, -0.05) is 0 Å². The monoisotopic (exact) mass is 464 g/mol. The predicted octanol–water partition coefficient (Wildman–Crippen LogP) is 4.92. The standard InChI is InChI=1S/C23H36N4O6/c1-14(2)26-19(28)31-16-10-9-15(11-16)17-12-25-18(13-24-17)27(20(29)32-22(3,4)5)21(30)33-23(6,7)8/h12-16H,9-11H2,1-8H3,(H,26,28). The Kier molecular flexibility index (Phi) is 8.26. The van der Waals surface area contributed by atoms with E-state index in [0.29, 0.717) is 12.1 Å². The summed E-state index contributed by atoms with van der Waals surface area (Å²) < 4.78 is 16.2. The van der Waals surface area contributed by atoms with Gasteiger partial charge in [0, 0.05) is 12.0 Å². The van der Waals surface area contributed by atoms with Gasteiger partial charge >= 0.3 is 18.3 Å². The van der Waals surface area contributed by atoms with Crippen LogP contribution < -0.4 is 10.2 Å². The molecule has 0 bridgehead atoms. The molecule has 2 unspecified atom stereocenters. The van der Waals surface area contributed by atoms with E-state index in [1.54, 1.807) is 41.5 Å². The fourth-order valence-corrected chi connectivity index (χ4v) is 3.27. The highest BCUT2D eigenvalue weighted by molar-refractivity contribution is 6.08. The Bertz CT molecular complexity index is 814. The highest BCUT2D eigenvalue weighted by Crippen LogP contribution is 2.35. The molecule has 1 aliphatic carbocycles. The summed E-state index contributed by atoms with van der Waals surface area (Å²) in [7, 11) is 0. The lowest BCUT2D eigenvalue weighted by atomic mass is 10.0. The zero-order valence-electron chi connectivity index (χ0n) is 20.8. The molecule has 0 spiro atoms. The van der Waals surface area contributed by atoms with Crippen LogP contribution in [0.1, 0.15) is 86.3 Å². The average Bonchev–Trinajstić information content (AvgIpc) is 3.06. The number of carbonyl (C=O) groups excluding carboxylic acids is 3. The molecule has 184 valence electrons. The van der Waals surface area contributed by atoms with Crippen LogP contribution >= 0.6 is 0 Å². The molecular weight excluding hydrogens is 428 g/mol. The first kappa shape index (κ1) is 26.3. The van der Waals surface area contributed by atoms with Crippen molar-refractivity contribution in [3.05, 3.63) is 18.1 Å². The highest BCUT2D eigenvalue weighted by atomic mass is 16.6. The SMILES string of the molecule is CC(C)NC(=O)OC1CCC(c2cnc(N(C(=O)OC(C)(C)C)C(=O)OC(C)(C)C)cn2)C1. The smallest absolute Gasteiger partial charge is 0.425 e. The Hall–Kier alpha value is -2.91. The Balaban J connectivity index is 2.14. The molecule has 1 N–H and O–H groups in total. The number of hydrogen-bond donors (Lipinski definition) is 1. The second kappa shape index (κ2) is 10.4. The minimum absolute atomic E-state index is 0.00404. The molecule has 33 heavy (non-hydrogen) atoms. The van der Waals surface area contributed by atoms with Crippen LogP contribution in [0.3, 0.4) is 0 Å². The van der Waals surface area contributed by atoms with Gasteiger partial charge in [0.15, 0.2) is 5.82 Å². The highest BCUT2D eigenvalue weighted by Gasteiger charge is 2.35. The van der Waals surface area contributed by atoms with Crippen molar-refractivity contribution in [1.82, 2.24) is 15.3 Å². The van der Waals surface area contributed by atoms with E-state index in [9.17, 15) is 14.4 Å². The molecule has 2 atom stereocenters. The number of imide groups is 1. The zero-order valence-corrected chi connectivity index (χ0v) is 20.8. The third-order valence-corrected chi connectivity index (χ3v) is 4.52. The Morgan fingerprint density at radius 1 is 0.970 bits per heavy atom. The number of carbonyl (C=O) groups is 3. The van der Waals surface area contributed by atoms with Crippen molar-refractivity contribution in [3.63, 3.8) is 0 Å². The van der Waals surface area contributed by atoms with E-state index < -0.39 is 29.5 Å². The van der Waals surface area contributed by atoms with Gasteiger partial charge in [-0.2, -0.15) is 4.90 Å². The van der Waals surface area contributed by atoms with Gasteiger partial charge in [-0.05, 0) is 74.7 Å². The van der Waals surface area contributed by atoms with E-state index in [1.165, 1.54) is 12.4 Å². The van der Waals surface area contributed by atoms with E-state index in [-0.39, 0.29) is 23.9 Å². The van der Waals surface area contributed by atoms with E-state index in [2.05, 4.69) is 15.3 Å². The van der Waals surface area contributed by atoms with Crippen LogP contribution in [0.2, 0.25) is 0 Å². The first-order valence-corrected chi connectivity index (χ1v) is 11.2. The van der Waals surface area contributed by atoms with Gasteiger partial charge in [-0.25, -0.2) is 19.4 Å². The van der Waals surface area contributed by atoms with Crippen LogP contribution in [0.15, 0.2) is 12.4 Å². The average molecular weight is 465 g/mol. The van der Waals surface area contributed by atoms with Crippen molar-refractivity contribution in [3.8, 4) is 0 Å². The summed E-state index contributed by atoms with van der Waals surface area (Å²) in [4.78, 5) is 46.8. The third kappa shape index (κ3) is 8.51. The van der Waals surface area contributed by atoms with Gasteiger partial charge < -0.3 is 19.5 Å². The number of hydrogen-bond acceptors (Lipinski definition) is 8. The first-order chi connectivity index (χ1) is 15.1. The number of nitrogens with one attached hydrogen (secondary N) is 1. The Labute approximate surface area is 195 Å². The fourth-order valence-electron chi connectivity index (χ4n) is 3.27. The summed E-state index contributed by atoms with van der Waals surface area (Å²) in [5.41, 5.74) is -0.931. The second-order valence-corrected chi connectivity index (χ2v) is 10.4.